The highest BCUT2D eigenvalue weighted by molar-refractivity contribution is 5.29. The number of likely N-dealkylation sites (N-methyl/N-ethyl adjacent to an activating group) is 3. The first kappa shape index (κ1) is 15.4. The Kier molecular flexibility index (Phi) is 4.73. The summed E-state index contributed by atoms with van der Waals surface area (Å²) in [6.45, 7) is 4.33. The number of hydrogen-bond acceptors (Lipinski definition) is 3. The van der Waals surface area contributed by atoms with Crippen molar-refractivity contribution in [3.63, 3.8) is 0 Å². The number of benzene rings is 1. The lowest BCUT2D eigenvalue weighted by atomic mass is 9.95. The third-order valence-corrected chi connectivity index (χ3v) is 4.24. The Morgan fingerprint density at radius 2 is 1.90 bits per heavy atom. The minimum Gasteiger partial charge on any atom is -0.312 e. The summed E-state index contributed by atoms with van der Waals surface area (Å²) < 4.78 is 28.0. The quantitative estimate of drug-likeness (QED) is 0.912. The van der Waals surface area contributed by atoms with E-state index in [4.69, 9.17) is 0 Å². The summed E-state index contributed by atoms with van der Waals surface area (Å²) in [6.07, 6.45) is 0. The fraction of sp³-hybridized carbons (Fsp3) is 0.600. The average Bonchev–Trinajstić information content (AvgIpc) is 2.43. The average molecular weight is 283 g/mol. The molecule has 2 rings (SSSR count). The Bertz CT molecular complexity index is 478. The van der Waals surface area contributed by atoms with Gasteiger partial charge in [0, 0.05) is 31.2 Å². The second-order valence-electron chi connectivity index (χ2n) is 5.68. The van der Waals surface area contributed by atoms with Crippen LogP contribution in [-0.4, -0.2) is 56.6 Å². The van der Waals surface area contributed by atoms with Crippen LogP contribution in [0.25, 0.3) is 0 Å². The molecule has 1 aliphatic heterocycles. The maximum absolute atomic E-state index is 14.2. The molecule has 1 aliphatic rings. The Hall–Kier alpha value is -1.04. The molecule has 0 aliphatic carbocycles. The zero-order valence-corrected chi connectivity index (χ0v) is 12.6. The van der Waals surface area contributed by atoms with E-state index in [0.717, 1.165) is 19.6 Å². The molecular weight excluding hydrogens is 260 g/mol. The smallest absolute Gasteiger partial charge is 0.163 e. The normalized spacial score (nSPS) is 23.0. The minimum atomic E-state index is -0.741. The van der Waals surface area contributed by atoms with Crippen molar-refractivity contribution >= 4 is 0 Å². The van der Waals surface area contributed by atoms with Crippen LogP contribution in [0.15, 0.2) is 12.1 Å². The molecule has 0 saturated carbocycles. The van der Waals surface area contributed by atoms with Gasteiger partial charge in [0.2, 0.25) is 0 Å². The monoisotopic (exact) mass is 283 g/mol. The Morgan fingerprint density at radius 3 is 2.55 bits per heavy atom. The molecule has 0 bridgehead atoms. The Morgan fingerprint density at radius 1 is 1.20 bits per heavy atom. The van der Waals surface area contributed by atoms with Crippen molar-refractivity contribution in [3.05, 3.63) is 34.9 Å². The number of hydrogen-bond donors (Lipinski definition) is 1. The van der Waals surface area contributed by atoms with Crippen molar-refractivity contribution < 1.29 is 8.78 Å². The number of aryl methyl sites for hydroxylation is 1. The predicted molar refractivity (Wildman–Crippen MR) is 76.8 cm³/mol. The van der Waals surface area contributed by atoms with Crippen LogP contribution in [0.5, 0.6) is 0 Å². The van der Waals surface area contributed by atoms with E-state index >= 15 is 0 Å². The SMILES string of the molecule is CNC(c1ccc(C)c(F)c1F)C1CN(C)CCN1C. The van der Waals surface area contributed by atoms with E-state index in [9.17, 15) is 8.78 Å². The van der Waals surface area contributed by atoms with Crippen molar-refractivity contribution in [1.82, 2.24) is 15.1 Å². The van der Waals surface area contributed by atoms with Gasteiger partial charge < -0.3 is 10.2 Å². The Balaban J connectivity index is 2.34. The van der Waals surface area contributed by atoms with Gasteiger partial charge in [-0.05, 0) is 33.6 Å². The number of halogens is 2. The van der Waals surface area contributed by atoms with Crippen LogP contribution >= 0.6 is 0 Å². The van der Waals surface area contributed by atoms with Gasteiger partial charge in [-0.1, -0.05) is 12.1 Å². The molecular formula is C15H23F2N3. The third-order valence-electron chi connectivity index (χ3n) is 4.24. The molecule has 0 spiro atoms. The molecule has 0 amide bonds. The van der Waals surface area contributed by atoms with Crippen LogP contribution in [0.2, 0.25) is 0 Å². The predicted octanol–water partition coefficient (Wildman–Crippen LogP) is 1.78. The molecule has 1 aromatic rings. The molecule has 1 N–H and O–H groups in total. The number of nitrogens with zero attached hydrogens (tertiary/aromatic N) is 2. The second kappa shape index (κ2) is 6.16. The van der Waals surface area contributed by atoms with E-state index in [1.54, 1.807) is 26.1 Å². The number of rotatable bonds is 3. The van der Waals surface area contributed by atoms with Crippen molar-refractivity contribution in [2.45, 2.75) is 19.0 Å². The zero-order chi connectivity index (χ0) is 14.9. The molecule has 1 fully saturated rings. The second-order valence-corrected chi connectivity index (χ2v) is 5.68. The van der Waals surface area contributed by atoms with Crippen LogP contribution < -0.4 is 5.32 Å². The van der Waals surface area contributed by atoms with Gasteiger partial charge in [-0.15, -0.1) is 0 Å². The van der Waals surface area contributed by atoms with Gasteiger partial charge in [0.05, 0.1) is 6.04 Å². The fourth-order valence-electron chi connectivity index (χ4n) is 2.86. The fourth-order valence-corrected chi connectivity index (χ4v) is 2.86. The van der Waals surface area contributed by atoms with Crippen LogP contribution in [0.3, 0.4) is 0 Å². The first-order valence-electron chi connectivity index (χ1n) is 6.96. The van der Waals surface area contributed by atoms with Crippen LogP contribution in [0.4, 0.5) is 8.78 Å². The first-order chi connectivity index (χ1) is 9.45. The van der Waals surface area contributed by atoms with Gasteiger partial charge in [-0.2, -0.15) is 0 Å². The lowest BCUT2D eigenvalue weighted by molar-refractivity contribution is 0.0885. The summed E-state index contributed by atoms with van der Waals surface area (Å²) in [5, 5.41) is 3.15. The number of piperazine rings is 1. The van der Waals surface area contributed by atoms with Crippen molar-refractivity contribution in [3.8, 4) is 0 Å². The van der Waals surface area contributed by atoms with Crippen molar-refractivity contribution in [2.75, 3.05) is 40.8 Å². The van der Waals surface area contributed by atoms with Crippen molar-refractivity contribution in [1.29, 1.82) is 0 Å². The van der Waals surface area contributed by atoms with Crippen LogP contribution in [0.1, 0.15) is 17.2 Å². The number of nitrogens with one attached hydrogen (secondary N) is 1. The van der Waals surface area contributed by atoms with Crippen LogP contribution in [0, 0.1) is 18.6 Å². The van der Waals surface area contributed by atoms with E-state index in [-0.39, 0.29) is 12.1 Å². The molecule has 1 heterocycles. The van der Waals surface area contributed by atoms with E-state index in [1.165, 1.54) is 0 Å². The van der Waals surface area contributed by atoms with Gasteiger partial charge >= 0.3 is 0 Å². The topological polar surface area (TPSA) is 18.5 Å². The lowest BCUT2D eigenvalue weighted by Gasteiger charge is -2.42. The maximum Gasteiger partial charge on any atom is 0.163 e. The molecule has 3 nitrogen and oxygen atoms in total. The largest absolute Gasteiger partial charge is 0.312 e. The lowest BCUT2D eigenvalue weighted by Crippen LogP contribution is -2.54. The highest BCUT2D eigenvalue weighted by atomic mass is 19.2. The van der Waals surface area contributed by atoms with Crippen molar-refractivity contribution in [2.24, 2.45) is 0 Å². The summed E-state index contributed by atoms with van der Waals surface area (Å²) >= 11 is 0. The third kappa shape index (κ3) is 2.85. The molecule has 112 valence electrons. The van der Waals surface area contributed by atoms with E-state index in [2.05, 4.69) is 22.2 Å². The molecule has 20 heavy (non-hydrogen) atoms. The van der Waals surface area contributed by atoms with Gasteiger partial charge in [0.25, 0.3) is 0 Å². The molecule has 1 saturated heterocycles. The van der Waals surface area contributed by atoms with Gasteiger partial charge in [0.15, 0.2) is 11.6 Å². The zero-order valence-electron chi connectivity index (χ0n) is 12.6. The highest BCUT2D eigenvalue weighted by Gasteiger charge is 2.32. The van der Waals surface area contributed by atoms with E-state index < -0.39 is 11.6 Å². The molecule has 1 aromatic carbocycles. The maximum atomic E-state index is 14.2. The summed E-state index contributed by atoms with van der Waals surface area (Å²) in [5.41, 5.74) is 0.748. The van der Waals surface area contributed by atoms with Crippen LogP contribution in [-0.2, 0) is 0 Å². The summed E-state index contributed by atoms with van der Waals surface area (Å²) in [5.74, 6) is -1.47. The molecule has 0 aromatic heterocycles. The molecule has 5 heteroatoms. The van der Waals surface area contributed by atoms with Gasteiger partial charge in [-0.3, -0.25) is 4.90 Å². The first-order valence-corrected chi connectivity index (χ1v) is 6.96. The Labute approximate surface area is 119 Å². The van der Waals surface area contributed by atoms with Gasteiger partial charge in [0.1, 0.15) is 0 Å². The summed E-state index contributed by atoms with van der Waals surface area (Å²) in [6, 6.07) is 3.23. The highest BCUT2D eigenvalue weighted by Crippen LogP contribution is 2.27. The molecule has 2 unspecified atom stereocenters. The van der Waals surface area contributed by atoms with E-state index in [0.29, 0.717) is 11.1 Å². The standard InChI is InChI=1S/C15H23F2N3/c1-10-5-6-11(14(17)13(10)16)15(18-2)12-9-19(3)7-8-20(12)4/h5-6,12,15,18H,7-9H2,1-4H3. The minimum absolute atomic E-state index is 0.121. The summed E-state index contributed by atoms with van der Waals surface area (Å²) in [7, 11) is 5.88. The van der Waals surface area contributed by atoms with Gasteiger partial charge in [-0.25, -0.2) is 8.78 Å². The molecule has 2 atom stereocenters. The van der Waals surface area contributed by atoms with E-state index in [1.807, 2.05) is 7.05 Å². The summed E-state index contributed by atoms with van der Waals surface area (Å²) in [4.78, 5) is 4.43. The molecule has 0 radical (unpaired) electrons.